The highest BCUT2D eigenvalue weighted by atomic mass is 16.5. The van der Waals surface area contributed by atoms with Crippen LogP contribution in [0.25, 0.3) is 11.1 Å². The summed E-state index contributed by atoms with van der Waals surface area (Å²) >= 11 is 0. The number of hydrogen-bond acceptors (Lipinski definition) is 4. The first-order valence-electron chi connectivity index (χ1n) is 8.59. The Balaban J connectivity index is 2.24. The standard InChI is InChI=1S/C19H22N2O5/c1-11-16(18(24)21(3)19(25)20(11)2)14-8-6-12(7-9-15(22)23)13-5-4-10-26-17(13)14/h6,8H,4-5,7,9-10H2,1-3H3,(H,22,23). The summed E-state index contributed by atoms with van der Waals surface area (Å²) in [6.45, 7) is 2.29. The minimum absolute atomic E-state index is 0.0480. The molecule has 7 heteroatoms. The van der Waals surface area contributed by atoms with E-state index in [4.69, 9.17) is 9.84 Å². The van der Waals surface area contributed by atoms with Crippen molar-refractivity contribution in [2.75, 3.05) is 6.61 Å². The molecule has 2 heterocycles. The monoisotopic (exact) mass is 358 g/mol. The van der Waals surface area contributed by atoms with Crippen LogP contribution in [0.4, 0.5) is 0 Å². The van der Waals surface area contributed by atoms with Gasteiger partial charge in [-0.05, 0) is 37.3 Å². The fourth-order valence-electron chi connectivity index (χ4n) is 3.46. The molecule has 1 aromatic heterocycles. The molecule has 0 amide bonds. The van der Waals surface area contributed by atoms with Crippen LogP contribution in [-0.4, -0.2) is 26.8 Å². The van der Waals surface area contributed by atoms with Crippen molar-refractivity contribution in [1.29, 1.82) is 0 Å². The van der Waals surface area contributed by atoms with Gasteiger partial charge in [-0.15, -0.1) is 0 Å². The van der Waals surface area contributed by atoms with Crippen LogP contribution in [0.5, 0.6) is 5.75 Å². The molecule has 3 rings (SSSR count). The molecule has 0 atom stereocenters. The second-order valence-corrected chi connectivity index (χ2v) is 6.59. The van der Waals surface area contributed by atoms with Crippen molar-refractivity contribution in [2.45, 2.75) is 32.6 Å². The van der Waals surface area contributed by atoms with Gasteiger partial charge in [-0.25, -0.2) is 4.79 Å². The summed E-state index contributed by atoms with van der Waals surface area (Å²) in [4.78, 5) is 35.8. The van der Waals surface area contributed by atoms with Crippen LogP contribution >= 0.6 is 0 Å². The molecule has 138 valence electrons. The molecule has 0 aliphatic carbocycles. The molecule has 0 fully saturated rings. The number of hydrogen-bond donors (Lipinski definition) is 1. The van der Waals surface area contributed by atoms with Crippen LogP contribution in [-0.2, 0) is 31.7 Å². The first kappa shape index (κ1) is 18.0. The van der Waals surface area contributed by atoms with Crippen LogP contribution in [0.3, 0.4) is 0 Å². The lowest BCUT2D eigenvalue weighted by molar-refractivity contribution is -0.136. The second-order valence-electron chi connectivity index (χ2n) is 6.59. The normalized spacial score (nSPS) is 13.2. The van der Waals surface area contributed by atoms with Crippen molar-refractivity contribution in [2.24, 2.45) is 14.1 Å². The highest BCUT2D eigenvalue weighted by Gasteiger charge is 2.24. The zero-order valence-corrected chi connectivity index (χ0v) is 15.2. The Morgan fingerprint density at radius 2 is 1.96 bits per heavy atom. The smallest absolute Gasteiger partial charge is 0.330 e. The average Bonchev–Trinajstić information content (AvgIpc) is 2.64. The Bertz CT molecular complexity index is 1000. The summed E-state index contributed by atoms with van der Waals surface area (Å²) in [5.41, 5.74) is 2.84. The van der Waals surface area contributed by atoms with Gasteiger partial charge in [-0.1, -0.05) is 12.1 Å². The van der Waals surface area contributed by atoms with E-state index in [9.17, 15) is 14.4 Å². The van der Waals surface area contributed by atoms with Gasteiger partial charge in [-0.2, -0.15) is 0 Å². The molecular weight excluding hydrogens is 336 g/mol. The summed E-state index contributed by atoms with van der Waals surface area (Å²) in [6.07, 6.45) is 2.10. The Kier molecular flexibility index (Phi) is 4.71. The van der Waals surface area contributed by atoms with Gasteiger partial charge in [0.15, 0.2) is 0 Å². The van der Waals surface area contributed by atoms with Crippen LogP contribution in [0, 0.1) is 6.92 Å². The van der Waals surface area contributed by atoms with Crippen LogP contribution in [0.15, 0.2) is 21.7 Å². The van der Waals surface area contributed by atoms with Crippen molar-refractivity contribution >= 4 is 5.97 Å². The molecule has 0 spiro atoms. The lowest BCUT2D eigenvalue weighted by Crippen LogP contribution is -2.39. The molecule has 1 aliphatic rings. The number of carbonyl (C=O) groups is 1. The minimum Gasteiger partial charge on any atom is -0.493 e. The number of carboxylic acid groups (broad SMARTS) is 1. The third-order valence-electron chi connectivity index (χ3n) is 5.01. The average molecular weight is 358 g/mol. The number of benzene rings is 1. The van der Waals surface area contributed by atoms with Crippen molar-refractivity contribution in [3.63, 3.8) is 0 Å². The minimum atomic E-state index is -0.845. The van der Waals surface area contributed by atoms with E-state index in [1.165, 1.54) is 11.6 Å². The molecule has 26 heavy (non-hydrogen) atoms. The van der Waals surface area contributed by atoms with E-state index < -0.39 is 5.97 Å². The number of fused-ring (bicyclic) bond motifs is 1. The zero-order valence-electron chi connectivity index (χ0n) is 15.2. The van der Waals surface area contributed by atoms with E-state index in [-0.39, 0.29) is 17.7 Å². The highest BCUT2D eigenvalue weighted by Crippen LogP contribution is 2.38. The summed E-state index contributed by atoms with van der Waals surface area (Å²) in [7, 11) is 3.09. The van der Waals surface area contributed by atoms with Crippen molar-refractivity contribution < 1.29 is 14.6 Å². The van der Waals surface area contributed by atoms with Gasteiger partial charge in [0.2, 0.25) is 0 Å². The molecule has 0 saturated carbocycles. The van der Waals surface area contributed by atoms with Gasteiger partial charge in [0.05, 0.1) is 12.2 Å². The number of carboxylic acids is 1. The summed E-state index contributed by atoms with van der Waals surface area (Å²) in [6, 6.07) is 3.67. The maximum absolute atomic E-state index is 12.8. The van der Waals surface area contributed by atoms with E-state index in [1.54, 1.807) is 20.0 Å². The molecule has 0 radical (unpaired) electrons. The topological polar surface area (TPSA) is 90.5 Å². The number of aryl methyl sites for hydroxylation is 1. The fraction of sp³-hybridized carbons (Fsp3) is 0.421. The maximum Gasteiger partial charge on any atom is 0.330 e. The lowest BCUT2D eigenvalue weighted by atomic mass is 9.91. The molecule has 0 bridgehead atoms. The largest absolute Gasteiger partial charge is 0.493 e. The summed E-state index contributed by atoms with van der Waals surface area (Å²) in [5.74, 6) is -0.208. The molecule has 2 aromatic rings. The highest BCUT2D eigenvalue weighted by molar-refractivity contribution is 5.75. The van der Waals surface area contributed by atoms with E-state index in [2.05, 4.69) is 0 Å². The Hall–Kier alpha value is -2.83. The summed E-state index contributed by atoms with van der Waals surface area (Å²) < 4.78 is 8.44. The maximum atomic E-state index is 12.8. The predicted molar refractivity (Wildman–Crippen MR) is 96.9 cm³/mol. The number of ether oxygens (including phenoxy) is 1. The number of aromatic nitrogens is 2. The molecular formula is C19H22N2O5. The Morgan fingerprint density at radius 3 is 2.65 bits per heavy atom. The number of aliphatic carboxylic acids is 1. The first-order valence-corrected chi connectivity index (χ1v) is 8.59. The third kappa shape index (κ3) is 2.94. The molecule has 1 aromatic carbocycles. The molecule has 1 N–H and O–H groups in total. The number of rotatable bonds is 4. The molecule has 0 unspecified atom stereocenters. The van der Waals surface area contributed by atoms with Crippen LogP contribution in [0.2, 0.25) is 0 Å². The van der Waals surface area contributed by atoms with Crippen molar-refractivity contribution in [3.05, 3.63) is 49.8 Å². The quantitative estimate of drug-likeness (QED) is 0.892. The van der Waals surface area contributed by atoms with Gasteiger partial charge in [-0.3, -0.25) is 14.2 Å². The van der Waals surface area contributed by atoms with Crippen LogP contribution in [0.1, 0.15) is 29.7 Å². The Morgan fingerprint density at radius 1 is 1.23 bits per heavy atom. The zero-order chi connectivity index (χ0) is 19.0. The Labute approximate surface area is 150 Å². The molecule has 7 nitrogen and oxygen atoms in total. The fourth-order valence-corrected chi connectivity index (χ4v) is 3.46. The lowest BCUT2D eigenvalue weighted by Gasteiger charge is -2.24. The van der Waals surface area contributed by atoms with Gasteiger partial charge >= 0.3 is 11.7 Å². The second kappa shape index (κ2) is 6.82. The predicted octanol–water partition coefficient (Wildman–Crippen LogP) is 1.40. The van der Waals surface area contributed by atoms with Gasteiger partial charge in [0, 0.05) is 31.8 Å². The van der Waals surface area contributed by atoms with Crippen molar-refractivity contribution in [3.8, 4) is 16.9 Å². The van der Waals surface area contributed by atoms with E-state index in [1.807, 2.05) is 6.07 Å². The van der Waals surface area contributed by atoms with E-state index in [0.717, 1.165) is 28.5 Å². The van der Waals surface area contributed by atoms with Gasteiger partial charge in [0.25, 0.3) is 5.56 Å². The third-order valence-corrected chi connectivity index (χ3v) is 5.01. The molecule has 0 saturated heterocycles. The van der Waals surface area contributed by atoms with Gasteiger partial charge in [0.1, 0.15) is 5.75 Å². The number of nitrogens with zero attached hydrogens (tertiary/aromatic N) is 2. The summed E-state index contributed by atoms with van der Waals surface area (Å²) in [5, 5.41) is 8.96. The van der Waals surface area contributed by atoms with E-state index in [0.29, 0.717) is 35.6 Å². The molecule has 1 aliphatic heterocycles. The SMILES string of the molecule is Cc1c(-c2ccc(CCC(=O)O)c3c2OCCC3)c(=O)n(C)c(=O)n1C. The van der Waals surface area contributed by atoms with Crippen molar-refractivity contribution in [1.82, 2.24) is 9.13 Å². The van der Waals surface area contributed by atoms with E-state index >= 15 is 0 Å². The van der Waals surface area contributed by atoms with Gasteiger partial charge < -0.3 is 14.4 Å². The first-order chi connectivity index (χ1) is 12.3. The van der Waals surface area contributed by atoms with Crippen LogP contribution < -0.4 is 16.0 Å².